The number of pyridine rings is 1. The van der Waals surface area contributed by atoms with Crippen LogP contribution in [0.15, 0.2) is 30.5 Å². The molecule has 2 aliphatic rings. The first-order valence-electron chi connectivity index (χ1n) is 7.13. The first-order valence-corrected chi connectivity index (χ1v) is 7.51. The highest BCUT2D eigenvalue weighted by Crippen LogP contribution is 2.43. The van der Waals surface area contributed by atoms with Crippen LogP contribution in [0.5, 0.6) is 5.88 Å². The van der Waals surface area contributed by atoms with Crippen molar-refractivity contribution in [3.8, 4) is 5.88 Å². The summed E-state index contributed by atoms with van der Waals surface area (Å²) < 4.78 is 5.36. The Kier molecular flexibility index (Phi) is 3.20. The predicted molar refractivity (Wildman–Crippen MR) is 86.6 cm³/mol. The number of ether oxygens (including phenoxy) is 1. The lowest BCUT2D eigenvalue weighted by atomic mass is 9.84. The van der Waals surface area contributed by atoms with Gasteiger partial charge in [-0.15, -0.1) is 0 Å². The molecule has 0 radical (unpaired) electrons. The summed E-state index contributed by atoms with van der Waals surface area (Å²) in [5.74, 6) is 0.694. The van der Waals surface area contributed by atoms with E-state index >= 15 is 0 Å². The summed E-state index contributed by atoms with van der Waals surface area (Å²) in [7, 11) is 1.55. The average Bonchev–Trinajstić information content (AvgIpc) is 2.88. The van der Waals surface area contributed by atoms with E-state index in [2.05, 4.69) is 20.5 Å². The van der Waals surface area contributed by atoms with Crippen LogP contribution in [0.4, 0.5) is 5.82 Å². The van der Waals surface area contributed by atoms with Crippen LogP contribution in [0, 0.1) is 0 Å². The third-order valence-electron chi connectivity index (χ3n) is 4.05. The number of carbonyl (C=O) groups is 1. The van der Waals surface area contributed by atoms with Crippen LogP contribution in [0.25, 0.3) is 5.57 Å². The van der Waals surface area contributed by atoms with E-state index in [9.17, 15) is 4.79 Å². The van der Waals surface area contributed by atoms with E-state index in [-0.39, 0.29) is 18.2 Å². The lowest BCUT2D eigenvalue weighted by Crippen LogP contribution is -2.24. The zero-order valence-electron chi connectivity index (χ0n) is 12.3. The van der Waals surface area contributed by atoms with Gasteiger partial charge in [0.25, 0.3) is 0 Å². The summed E-state index contributed by atoms with van der Waals surface area (Å²) in [4.78, 5) is 16.3. The number of methoxy groups -OCH3 is 1. The molecule has 1 amide bonds. The Morgan fingerprint density at radius 1 is 1.43 bits per heavy atom. The highest BCUT2D eigenvalue weighted by molar-refractivity contribution is 6.30. The molecule has 1 unspecified atom stereocenters. The largest absolute Gasteiger partial charge is 0.481 e. The van der Waals surface area contributed by atoms with Crippen molar-refractivity contribution < 1.29 is 9.53 Å². The van der Waals surface area contributed by atoms with Crippen LogP contribution < -0.4 is 10.1 Å². The van der Waals surface area contributed by atoms with Crippen molar-refractivity contribution in [1.82, 2.24) is 15.2 Å². The van der Waals surface area contributed by atoms with Crippen molar-refractivity contribution in [2.75, 3.05) is 12.4 Å². The van der Waals surface area contributed by atoms with Gasteiger partial charge in [0.15, 0.2) is 5.82 Å². The number of fused-ring (bicyclic) bond motifs is 1. The van der Waals surface area contributed by atoms with Gasteiger partial charge in [-0.2, -0.15) is 5.10 Å². The molecule has 6 nitrogen and oxygen atoms in total. The number of allylic oxidation sites excluding steroid dienone is 4. The number of nitrogens with one attached hydrogen (secondary N) is 2. The zero-order chi connectivity index (χ0) is 16.0. The van der Waals surface area contributed by atoms with Crippen LogP contribution in [0.3, 0.4) is 0 Å². The number of rotatable bonds is 3. The SMILES string of the molecule is COc1ncc(Cl)cc1C1CC(=O)Nc2n[nH]c(C3=CC=C3)c21. The Bertz CT molecular complexity index is 869. The standard InChI is InChI=1S/C16H13ClN4O2/c1-23-16-11(5-9(17)7-18-16)10-6-12(22)19-15-13(10)14(20-21-15)8-3-2-4-8/h2-5,7,10H,6H2,1H3,(H2,19,20,21,22). The number of halogens is 1. The van der Waals surface area contributed by atoms with Gasteiger partial charge in [0.05, 0.1) is 17.8 Å². The van der Waals surface area contributed by atoms with Crippen LogP contribution in [0.1, 0.15) is 29.2 Å². The number of nitrogens with zero attached hydrogens (tertiary/aromatic N) is 2. The normalized spacial score (nSPS) is 18.8. The summed E-state index contributed by atoms with van der Waals surface area (Å²) >= 11 is 6.11. The van der Waals surface area contributed by atoms with E-state index in [1.165, 1.54) is 6.20 Å². The highest BCUT2D eigenvalue weighted by Gasteiger charge is 2.34. The Morgan fingerprint density at radius 2 is 2.26 bits per heavy atom. The smallest absolute Gasteiger partial charge is 0.226 e. The highest BCUT2D eigenvalue weighted by atomic mass is 35.5. The number of hydrogen-bond donors (Lipinski definition) is 2. The lowest BCUT2D eigenvalue weighted by molar-refractivity contribution is -0.116. The number of amides is 1. The summed E-state index contributed by atoms with van der Waals surface area (Å²) in [6.07, 6.45) is 7.76. The molecule has 23 heavy (non-hydrogen) atoms. The number of aromatic amines is 1. The fourth-order valence-corrected chi connectivity index (χ4v) is 3.13. The Morgan fingerprint density at radius 3 is 2.96 bits per heavy atom. The molecular weight excluding hydrogens is 316 g/mol. The molecule has 0 bridgehead atoms. The lowest BCUT2D eigenvalue weighted by Gasteiger charge is -2.25. The van der Waals surface area contributed by atoms with Crippen LogP contribution in [0.2, 0.25) is 5.02 Å². The van der Waals surface area contributed by atoms with E-state index in [1.54, 1.807) is 13.2 Å². The van der Waals surface area contributed by atoms with Crippen LogP contribution in [-0.2, 0) is 4.79 Å². The third kappa shape index (κ3) is 2.22. The summed E-state index contributed by atoms with van der Waals surface area (Å²) in [5, 5.41) is 10.6. The minimum Gasteiger partial charge on any atom is -0.481 e. The molecule has 0 aromatic carbocycles. The first kappa shape index (κ1) is 14.0. The molecule has 0 fully saturated rings. The van der Waals surface area contributed by atoms with E-state index in [0.29, 0.717) is 16.7 Å². The minimum atomic E-state index is -0.219. The van der Waals surface area contributed by atoms with Gasteiger partial charge in [-0.1, -0.05) is 29.8 Å². The van der Waals surface area contributed by atoms with Gasteiger partial charge >= 0.3 is 0 Å². The second-order valence-electron chi connectivity index (χ2n) is 5.40. The van der Waals surface area contributed by atoms with Gasteiger partial charge in [-0.25, -0.2) is 4.98 Å². The Labute approximate surface area is 137 Å². The van der Waals surface area contributed by atoms with Gasteiger partial charge in [0, 0.05) is 29.7 Å². The maximum absolute atomic E-state index is 12.1. The molecule has 2 aromatic heterocycles. The van der Waals surface area contributed by atoms with Gasteiger partial charge < -0.3 is 10.1 Å². The molecule has 4 rings (SSSR count). The van der Waals surface area contributed by atoms with Crippen LogP contribution >= 0.6 is 11.6 Å². The molecule has 3 heterocycles. The summed E-state index contributed by atoms with van der Waals surface area (Å²) in [6.45, 7) is 0. The number of hydrogen-bond acceptors (Lipinski definition) is 4. The van der Waals surface area contributed by atoms with Crippen molar-refractivity contribution in [3.63, 3.8) is 0 Å². The van der Waals surface area contributed by atoms with Gasteiger partial charge in [-0.05, 0) is 11.6 Å². The minimum absolute atomic E-state index is 0.0966. The molecule has 7 heteroatoms. The Hall–Kier alpha value is -2.60. The molecule has 1 aliphatic carbocycles. The molecule has 0 spiro atoms. The number of anilines is 1. The number of H-pyrrole nitrogens is 1. The predicted octanol–water partition coefficient (Wildman–Crippen LogP) is 2.89. The third-order valence-corrected chi connectivity index (χ3v) is 4.26. The molecule has 1 atom stereocenters. The van der Waals surface area contributed by atoms with Gasteiger partial charge in [0.2, 0.25) is 11.8 Å². The van der Waals surface area contributed by atoms with Crippen molar-refractivity contribution in [2.24, 2.45) is 0 Å². The van der Waals surface area contributed by atoms with Crippen molar-refractivity contribution >= 4 is 28.9 Å². The fourth-order valence-electron chi connectivity index (χ4n) is 2.96. The summed E-state index contributed by atoms with van der Waals surface area (Å²) in [6, 6.07) is 1.79. The number of carbonyl (C=O) groups excluding carboxylic acids is 1. The Balaban J connectivity index is 1.89. The van der Waals surface area contributed by atoms with Crippen LogP contribution in [-0.4, -0.2) is 28.2 Å². The quantitative estimate of drug-likeness (QED) is 0.908. The second-order valence-corrected chi connectivity index (χ2v) is 5.84. The van der Waals surface area contributed by atoms with E-state index in [4.69, 9.17) is 16.3 Å². The monoisotopic (exact) mass is 328 g/mol. The molecular formula is C16H13ClN4O2. The number of aromatic nitrogens is 3. The van der Waals surface area contributed by atoms with E-state index in [0.717, 1.165) is 22.4 Å². The molecule has 116 valence electrons. The van der Waals surface area contributed by atoms with E-state index in [1.807, 2.05) is 18.2 Å². The maximum atomic E-state index is 12.1. The van der Waals surface area contributed by atoms with Gasteiger partial charge in [0.1, 0.15) is 0 Å². The van der Waals surface area contributed by atoms with Gasteiger partial charge in [-0.3, -0.25) is 9.89 Å². The molecule has 2 aromatic rings. The molecule has 0 saturated carbocycles. The zero-order valence-corrected chi connectivity index (χ0v) is 13.0. The molecule has 2 N–H and O–H groups in total. The molecule has 0 saturated heterocycles. The molecule has 1 aliphatic heterocycles. The topological polar surface area (TPSA) is 79.9 Å². The average molecular weight is 329 g/mol. The second kappa shape index (κ2) is 5.24. The van der Waals surface area contributed by atoms with Crippen molar-refractivity contribution in [3.05, 3.63) is 52.3 Å². The summed E-state index contributed by atoms with van der Waals surface area (Å²) in [5.41, 5.74) is 3.66. The van der Waals surface area contributed by atoms with Crippen molar-refractivity contribution in [1.29, 1.82) is 0 Å². The van der Waals surface area contributed by atoms with Crippen molar-refractivity contribution in [2.45, 2.75) is 12.3 Å². The maximum Gasteiger partial charge on any atom is 0.226 e. The first-order chi connectivity index (χ1) is 11.2. The van der Waals surface area contributed by atoms with E-state index < -0.39 is 0 Å². The fraction of sp³-hybridized carbons (Fsp3) is 0.188.